The molecule has 0 aliphatic heterocycles. The van der Waals surface area contributed by atoms with Crippen molar-refractivity contribution in [2.24, 2.45) is 0 Å². The summed E-state index contributed by atoms with van der Waals surface area (Å²) in [6, 6.07) is 14.8. The lowest BCUT2D eigenvalue weighted by Gasteiger charge is -2.02. The molecule has 3 aromatic rings. The van der Waals surface area contributed by atoms with E-state index >= 15 is 0 Å². The van der Waals surface area contributed by atoms with E-state index in [1.807, 2.05) is 42.5 Å². The van der Waals surface area contributed by atoms with Crippen LogP contribution in [0.25, 0.3) is 11.0 Å². The van der Waals surface area contributed by atoms with E-state index in [1.54, 1.807) is 6.07 Å². The van der Waals surface area contributed by atoms with Crippen LogP contribution < -0.4 is 0 Å². The third kappa shape index (κ3) is 2.91. The number of carbonyl (C=O) groups is 1. The molecule has 3 nitrogen and oxygen atoms in total. The number of carboxylic acid groups (broad SMARTS) is 1. The number of aromatic carboxylic acids is 1. The molecule has 0 aliphatic rings. The second kappa shape index (κ2) is 5.84. The maximum atomic E-state index is 11.3. The van der Waals surface area contributed by atoms with Crippen molar-refractivity contribution < 1.29 is 14.3 Å². The van der Waals surface area contributed by atoms with Gasteiger partial charge in [-0.05, 0) is 24.3 Å². The summed E-state index contributed by atoms with van der Waals surface area (Å²) in [4.78, 5) is 12.3. The van der Waals surface area contributed by atoms with E-state index in [9.17, 15) is 9.90 Å². The maximum absolute atomic E-state index is 11.3. The van der Waals surface area contributed by atoms with Crippen LogP contribution in [0, 0.1) is 0 Å². The normalized spacial score (nSPS) is 10.9. The third-order valence-electron chi connectivity index (χ3n) is 3.07. The molecule has 0 saturated carbocycles. The molecule has 1 heterocycles. The molecule has 0 saturated heterocycles. The summed E-state index contributed by atoms with van der Waals surface area (Å²) in [7, 11) is 0. The van der Waals surface area contributed by atoms with Crippen molar-refractivity contribution in [3.63, 3.8) is 0 Å². The van der Waals surface area contributed by atoms with E-state index in [0.29, 0.717) is 21.9 Å². The minimum Gasteiger partial charge on any atom is -0.475 e. The van der Waals surface area contributed by atoms with Crippen LogP contribution in [0.2, 0.25) is 5.02 Å². The van der Waals surface area contributed by atoms with Crippen molar-refractivity contribution in [2.75, 3.05) is 0 Å². The lowest BCUT2D eigenvalue weighted by atomic mass is 10.1. The van der Waals surface area contributed by atoms with Gasteiger partial charge in [-0.2, -0.15) is 0 Å². The molecule has 5 heteroatoms. The van der Waals surface area contributed by atoms with Crippen LogP contribution >= 0.6 is 23.4 Å². The van der Waals surface area contributed by atoms with Crippen LogP contribution in [-0.4, -0.2) is 11.1 Å². The fourth-order valence-electron chi connectivity index (χ4n) is 2.13. The number of furan rings is 1. The van der Waals surface area contributed by atoms with Crippen molar-refractivity contribution in [3.8, 4) is 0 Å². The molecule has 1 N–H and O–H groups in total. The molecule has 0 atom stereocenters. The number of thioether (sulfide) groups is 1. The van der Waals surface area contributed by atoms with Gasteiger partial charge in [0.05, 0.1) is 0 Å². The summed E-state index contributed by atoms with van der Waals surface area (Å²) in [6.45, 7) is 0. The number of halogens is 1. The van der Waals surface area contributed by atoms with Crippen LogP contribution in [-0.2, 0) is 5.75 Å². The van der Waals surface area contributed by atoms with Gasteiger partial charge >= 0.3 is 5.97 Å². The van der Waals surface area contributed by atoms with Crippen molar-refractivity contribution in [1.29, 1.82) is 0 Å². The second-order valence-corrected chi connectivity index (χ2v) is 5.94. The number of fused-ring (bicyclic) bond motifs is 1. The Morgan fingerprint density at radius 3 is 2.76 bits per heavy atom. The Balaban J connectivity index is 1.95. The van der Waals surface area contributed by atoms with Crippen molar-refractivity contribution >= 4 is 40.3 Å². The number of hydrogen-bond donors (Lipinski definition) is 1. The molecule has 106 valence electrons. The predicted molar refractivity (Wildman–Crippen MR) is 84.2 cm³/mol. The van der Waals surface area contributed by atoms with E-state index in [-0.39, 0.29) is 5.76 Å². The Morgan fingerprint density at radius 2 is 2.00 bits per heavy atom. The van der Waals surface area contributed by atoms with Gasteiger partial charge in [-0.15, -0.1) is 11.8 Å². The van der Waals surface area contributed by atoms with Crippen LogP contribution in [0.3, 0.4) is 0 Å². The summed E-state index contributed by atoms with van der Waals surface area (Å²) in [5.41, 5.74) is 1.29. The summed E-state index contributed by atoms with van der Waals surface area (Å²) < 4.78 is 5.43. The van der Waals surface area contributed by atoms with Crippen molar-refractivity contribution in [1.82, 2.24) is 0 Å². The molecule has 0 radical (unpaired) electrons. The molecule has 3 rings (SSSR count). The Labute approximate surface area is 130 Å². The lowest BCUT2D eigenvalue weighted by molar-refractivity contribution is 0.0664. The predicted octanol–water partition coefficient (Wildman–Crippen LogP) is 5.08. The number of hydrogen-bond acceptors (Lipinski definition) is 3. The smallest absolute Gasteiger partial charge is 0.372 e. The van der Waals surface area contributed by atoms with Gasteiger partial charge < -0.3 is 9.52 Å². The Kier molecular flexibility index (Phi) is 3.90. The third-order valence-corrected chi connectivity index (χ3v) is 4.33. The Hall–Kier alpha value is -1.91. The number of para-hydroxylation sites is 1. The molecule has 1 aromatic heterocycles. The van der Waals surface area contributed by atoms with Gasteiger partial charge in [0, 0.05) is 26.6 Å². The minimum atomic E-state index is -1.05. The van der Waals surface area contributed by atoms with E-state index in [1.165, 1.54) is 11.8 Å². The molecular weight excluding hydrogens is 308 g/mol. The number of carboxylic acids is 1. The van der Waals surface area contributed by atoms with Crippen LogP contribution in [0.4, 0.5) is 0 Å². The standard InChI is InChI=1S/C16H11ClO3S/c17-10-4-3-5-11(8-10)21-9-13-12-6-1-2-7-14(12)20-15(13)16(18)19/h1-8H,9H2,(H,18,19). The van der Waals surface area contributed by atoms with Gasteiger partial charge in [-0.25, -0.2) is 4.79 Å². The molecule has 21 heavy (non-hydrogen) atoms. The van der Waals surface area contributed by atoms with E-state index in [2.05, 4.69) is 0 Å². The fraction of sp³-hybridized carbons (Fsp3) is 0.0625. The second-order valence-electron chi connectivity index (χ2n) is 4.46. The first-order valence-electron chi connectivity index (χ1n) is 6.27. The maximum Gasteiger partial charge on any atom is 0.372 e. The Bertz CT molecular complexity index is 810. The summed E-state index contributed by atoms with van der Waals surface area (Å²) >= 11 is 7.49. The number of rotatable bonds is 4. The summed E-state index contributed by atoms with van der Waals surface area (Å²) in [5, 5.41) is 10.8. The molecule has 0 spiro atoms. The van der Waals surface area contributed by atoms with E-state index in [4.69, 9.17) is 16.0 Å². The SMILES string of the molecule is O=C(O)c1oc2ccccc2c1CSc1cccc(Cl)c1. The highest BCUT2D eigenvalue weighted by Gasteiger charge is 2.19. The highest BCUT2D eigenvalue weighted by atomic mass is 35.5. The summed E-state index contributed by atoms with van der Waals surface area (Å²) in [6.07, 6.45) is 0. The molecule has 0 amide bonds. The molecule has 0 unspecified atom stereocenters. The van der Waals surface area contributed by atoms with Gasteiger partial charge in [0.1, 0.15) is 5.58 Å². The lowest BCUT2D eigenvalue weighted by Crippen LogP contribution is -1.97. The first kappa shape index (κ1) is 14.0. The first-order valence-corrected chi connectivity index (χ1v) is 7.63. The minimum absolute atomic E-state index is 0.00530. The summed E-state index contributed by atoms with van der Waals surface area (Å²) in [5.74, 6) is -0.530. The largest absolute Gasteiger partial charge is 0.475 e. The van der Waals surface area contributed by atoms with E-state index in [0.717, 1.165) is 10.3 Å². The van der Waals surface area contributed by atoms with Gasteiger partial charge in [-0.1, -0.05) is 35.9 Å². The highest BCUT2D eigenvalue weighted by Crippen LogP contribution is 2.32. The molecule has 2 aromatic carbocycles. The van der Waals surface area contributed by atoms with Crippen LogP contribution in [0.15, 0.2) is 57.8 Å². The van der Waals surface area contributed by atoms with Crippen LogP contribution in [0.5, 0.6) is 0 Å². The quantitative estimate of drug-likeness (QED) is 0.682. The van der Waals surface area contributed by atoms with Crippen molar-refractivity contribution in [2.45, 2.75) is 10.6 Å². The zero-order valence-corrected chi connectivity index (χ0v) is 12.4. The fourth-order valence-corrected chi connectivity index (χ4v) is 3.36. The average Bonchev–Trinajstić information content (AvgIpc) is 2.84. The number of benzene rings is 2. The molecule has 0 fully saturated rings. The molecular formula is C16H11ClO3S. The van der Waals surface area contributed by atoms with Gasteiger partial charge in [0.15, 0.2) is 0 Å². The Morgan fingerprint density at radius 1 is 1.19 bits per heavy atom. The van der Waals surface area contributed by atoms with Gasteiger partial charge in [0.25, 0.3) is 0 Å². The van der Waals surface area contributed by atoms with Crippen LogP contribution in [0.1, 0.15) is 16.1 Å². The zero-order chi connectivity index (χ0) is 14.8. The average molecular weight is 319 g/mol. The topological polar surface area (TPSA) is 50.4 Å². The molecule has 0 bridgehead atoms. The first-order chi connectivity index (χ1) is 10.1. The van der Waals surface area contributed by atoms with Gasteiger partial charge in [-0.3, -0.25) is 0 Å². The van der Waals surface area contributed by atoms with Crippen molar-refractivity contribution in [3.05, 3.63) is 64.9 Å². The molecule has 0 aliphatic carbocycles. The monoisotopic (exact) mass is 318 g/mol. The highest BCUT2D eigenvalue weighted by molar-refractivity contribution is 7.98. The van der Waals surface area contributed by atoms with Gasteiger partial charge in [0.2, 0.25) is 5.76 Å². The van der Waals surface area contributed by atoms with E-state index < -0.39 is 5.97 Å². The zero-order valence-electron chi connectivity index (χ0n) is 10.9.